The molecule has 0 bridgehead atoms. The smallest absolute Gasteiger partial charge is 0.160 e. The van der Waals surface area contributed by atoms with E-state index in [2.05, 4.69) is 59.6 Å². The molecule has 33 heavy (non-hydrogen) atoms. The zero-order valence-electron chi connectivity index (χ0n) is 22.4. The van der Waals surface area contributed by atoms with Gasteiger partial charge in [0.05, 0.1) is 0 Å². The molecule has 0 aliphatic heterocycles. The number of rotatable bonds is 26. The summed E-state index contributed by atoms with van der Waals surface area (Å²) in [7, 11) is 0. The van der Waals surface area contributed by atoms with E-state index in [1.165, 1.54) is 64.2 Å². The summed E-state index contributed by atoms with van der Waals surface area (Å²) in [5, 5.41) is 0. The van der Waals surface area contributed by atoms with Gasteiger partial charge in [-0.1, -0.05) is 124 Å². The van der Waals surface area contributed by atoms with Crippen molar-refractivity contribution in [3.8, 4) is 0 Å². The van der Waals surface area contributed by atoms with E-state index >= 15 is 0 Å². The van der Waals surface area contributed by atoms with Crippen LogP contribution in [0, 0.1) is 0 Å². The summed E-state index contributed by atoms with van der Waals surface area (Å²) < 4.78 is 18.9. The van der Waals surface area contributed by atoms with E-state index in [4.69, 9.17) is 14.2 Å². The van der Waals surface area contributed by atoms with E-state index in [0.29, 0.717) is 9.65 Å². The predicted octanol–water partition coefficient (Wildman–Crippen LogP) is 10.3. The van der Waals surface area contributed by atoms with Gasteiger partial charge in [-0.25, -0.2) is 0 Å². The number of alkyl halides is 2. The van der Waals surface area contributed by atoms with E-state index in [1.807, 2.05) is 0 Å². The van der Waals surface area contributed by atoms with Gasteiger partial charge in [-0.15, -0.1) is 0 Å². The van der Waals surface area contributed by atoms with Crippen molar-refractivity contribution in [3.63, 3.8) is 0 Å². The first-order chi connectivity index (χ1) is 16.0. The second-order valence-electron chi connectivity index (χ2n) is 9.70. The Kier molecular flexibility index (Phi) is 26.6. The van der Waals surface area contributed by atoms with E-state index in [9.17, 15) is 0 Å². The van der Waals surface area contributed by atoms with Gasteiger partial charge in [-0.2, -0.15) is 0 Å². The summed E-state index contributed by atoms with van der Waals surface area (Å²) in [6.45, 7) is 10.5. The molecule has 0 aromatic rings. The van der Waals surface area contributed by atoms with Crippen molar-refractivity contribution in [1.82, 2.24) is 0 Å². The van der Waals surface area contributed by atoms with Crippen LogP contribution >= 0.6 is 31.9 Å². The zero-order valence-corrected chi connectivity index (χ0v) is 25.6. The average molecular weight is 601 g/mol. The lowest BCUT2D eigenvalue weighted by molar-refractivity contribution is -0.250. The van der Waals surface area contributed by atoms with Crippen molar-refractivity contribution < 1.29 is 14.2 Å². The molecule has 0 aromatic carbocycles. The molecule has 0 saturated carbocycles. The summed E-state index contributed by atoms with van der Waals surface area (Å²) in [6, 6.07) is 0. The Hall–Kier alpha value is 0.840. The number of halogens is 2. The van der Waals surface area contributed by atoms with Crippen molar-refractivity contribution >= 4 is 31.9 Å². The Balaban J connectivity index is 4.52. The van der Waals surface area contributed by atoms with Crippen LogP contribution in [0.3, 0.4) is 0 Å². The SMILES string of the molecule is CCCCCCCCOC(CCCC(C)Br)OC(CCCC(C)Br)OCCCCCCCC. The average Bonchev–Trinajstić information content (AvgIpc) is 2.76. The second-order valence-corrected chi connectivity index (χ2v) is 12.8. The van der Waals surface area contributed by atoms with Crippen molar-refractivity contribution in [2.75, 3.05) is 13.2 Å². The molecule has 0 amide bonds. The molecule has 0 fully saturated rings. The van der Waals surface area contributed by atoms with Gasteiger partial charge >= 0.3 is 0 Å². The molecule has 0 aliphatic carbocycles. The highest BCUT2D eigenvalue weighted by Gasteiger charge is 2.18. The van der Waals surface area contributed by atoms with Gasteiger partial charge in [0.25, 0.3) is 0 Å². The van der Waals surface area contributed by atoms with Gasteiger partial charge < -0.3 is 14.2 Å². The molecule has 0 N–H and O–H groups in total. The van der Waals surface area contributed by atoms with Crippen molar-refractivity contribution in [1.29, 1.82) is 0 Å². The van der Waals surface area contributed by atoms with Crippen LogP contribution in [-0.2, 0) is 14.2 Å². The van der Waals surface area contributed by atoms with E-state index in [0.717, 1.165) is 64.6 Å². The van der Waals surface area contributed by atoms with Crippen LogP contribution in [0.4, 0.5) is 0 Å². The van der Waals surface area contributed by atoms with E-state index in [-0.39, 0.29) is 12.6 Å². The number of hydrogen-bond donors (Lipinski definition) is 0. The Labute approximate surface area is 224 Å². The fourth-order valence-corrected chi connectivity index (χ4v) is 4.52. The van der Waals surface area contributed by atoms with Crippen LogP contribution in [0.1, 0.15) is 143 Å². The fraction of sp³-hybridized carbons (Fsp3) is 1.00. The maximum absolute atomic E-state index is 6.43. The first-order valence-corrected chi connectivity index (χ1v) is 16.0. The highest BCUT2D eigenvalue weighted by Crippen LogP contribution is 2.19. The molecule has 0 aromatic heterocycles. The minimum atomic E-state index is -0.150. The maximum atomic E-state index is 6.43. The topological polar surface area (TPSA) is 27.7 Å². The number of hydrogen-bond acceptors (Lipinski definition) is 3. The molecule has 0 aliphatic rings. The fourth-order valence-electron chi connectivity index (χ4n) is 3.88. The third-order valence-corrected chi connectivity index (χ3v) is 6.91. The molecule has 0 heterocycles. The van der Waals surface area contributed by atoms with Crippen molar-refractivity contribution in [2.24, 2.45) is 0 Å². The molecular weight excluding hydrogens is 544 g/mol. The molecular formula is C28H56Br2O3. The van der Waals surface area contributed by atoms with Gasteiger partial charge in [0, 0.05) is 22.9 Å². The summed E-state index contributed by atoms with van der Waals surface area (Å²) in [4.78, 5) is 1.08. The third kappa shape index (κ3) is 25.7. The monoisotopic (exact) mass is 598 g/mol. The van der Waals surface area contributed by atoms with Crippen molar-refractivity contribution in [3.05, 3.63) is 0 Å². The molecule has 0 rings (SSSR count). The normalized spacial score (nSPS) is 15.5. The lowest BCUT2D eigenvalue weighted by Crippen LogP contribution is -2.28. The maximum Gasteiger partial charge on any atom is 0.160 e. The van der Waals surface area contributed by atoms with Crippen LogP contribution < -0.4 is 0 Å². The number of unbranched alkanes of at least 4 members (excludes halogenated alkanes) is 10. The second kappa shape index (κ2) is 25.9. The Morgan fingerprint density at radius 1 is 0.485 bits per heavy atom. The molecule has 0 spiro atoms. The van der Waals surface area contributed by atoms with Gasteiger partial charge in [0.15, 0.2) is 12.6 Å². The van der Waals surface area contributed by atoms with Gasteiger partial charge in [0.1, 0.15) is 0 Å². The predicted molar refractivity (Wildman–Crippen MR) is 152 cm³/mol. The Bertz CT molecular complexity index is 346. The molecule has 4 atom stereocenters. The molecule has 200 valence electrons. The quantitative estimate of drug-likeness (QED) is 0.0562. The summed E-state index contributed by atoms with van der Waals surface area (Å²) in [6.07, 6.45) is 21.5. The highest BCUT2D eigenvalue weighted by atomic mass is 79.9. The van der Waals surface area contributed by atoms with Crippen LogP contribution in [0.25, 0.3) is 0 Å². The van der Waals surface area contributed by atoms with Crippen LogP contribution in [-0.4, -0.2) is 35.4 Å². The Morgan fingerprint density at radius 3 is 1.21 bits per heavy atom. The summed E-state index contributed by atoms with van der Waals surface area (Å²) >= 11 is 7.34. The molecule has 0 radical (unpaired) electrons. The minimum Gasteiger partial charge on any atom is -0.353 e. The summed E-state index contributed by atoms with van der Waals surface area (Å²) in [5.41, 5.74) is 0. The van der Waals surface area contributed by atoms with Crippen LogP contribution in [0.2, 0.25) is 0 Å². The molecule has 4 unspecified atom stereocenters. The molecule has 0 saturated heterocycles. The highest BCUT2D eigenvalue weighted by molar-refractivity contribution is 9.09. The lowest BCUT2D eigenvalue weighted by atomic mass is 10.1. The minimum absolute atomic E-state index is 0.150. The standard InChI is InChI=1S/C28H56Br2O3/c1-5-7-9-11-13-15-23-31-27(21-17-19-25(3)29)33-28(22-18-20-26(4)30)32-24-16-14-12-10-8-6-2/h25-28H,5-24H2,1-4H3. The largest absolute Gasteiger partial charge is 0.353 e. The first-order valence-electron chi connectivity index (χ1n) is 14.2. The first kappa shape index (κ1) is 33.8. The van der Waals surface area contributed by atoms with Gasteiger partial charge in [-0.3, -0.25) is 0 Å². The van der Waals surface area contributed by atoms with Crippen molar-refractivity contribution in [2.45, 2.75) is 166 Å². The van der Waals surface area contributed by atoms with Crippen LogP contribution in [0.15, 0.2) is 0 Å². The van der Waals surface area contributed by atoms with E-state index in [1.54, 1.807) is 0 Å². The molecule has 3 nitrogen and oxygen atoms in total. The van der Waals surface area contributed by atoms with Crippen LogP contribution in [0.5, 0.6) is 0 Å². The lowest BCUT2D eigenvalue weighted by Gasteiger charge is -2.26. The summed E-state index contributed by atoms with van der Waals surface area (Å²) in [5.74, 6) is 0. The van der Waals surface area contributed by atoms with Gasteiger partial charge in [0.2, 0.25) is 0 Å². The Morgan fingerprint density at radius 2 is 0.848 bits per heavy atom. The number of ether oxygens (including phenoxy) is 3. The van der Waals surface area contributed by atoms with Gasteiger partial charge in [-0.05, 0) is 51.4 Å². The zero-order chi connectivity index (χ0) is 24.6. The third-order valence-electron chi connectivity index (χ3n) is 5.99. The molecule has 5 heteroatoms. The van der Waals surface area contributed by atoms with E-state index < -0.39 is 0 Å².